The lowest BCUT2D eigenvalue weighted by Gasteiger charge is -2.05. The highest BCUT2D eigenvalue weighted by Gasteiger charge is 2.26. The molecule has 1 N–H and O–H groups in total. The highest BCUT2D eigenvalue weighted by Crippen LogP contribution is 2.41. The van der Waals surface area contributed by atoms with Crippen molar-refractivity contribution in [1.82, 2.24) is 10.3 Å². The number of hydrogen-bond donors (Lipinski definition) is 1. The molecule has 0 saturated heterocycles. The van der Waals surface area contributed by atoms with E-state index in [1.807, 2.05) is 36.6 Å². The van der Waals surface area contributed by atoms with Crippen LogP contribution in [0.25, 0.3) is 0 Å². The normalized spacial score (nSPS) is 14.4. The number of nitrogens with zero attached hydrogens (tertiary/aromatic N) is 1. The monoisotopic (exact) mass is 272 g/mol. The van der Waals surface area contributed by atoms with E-state index < -0.39 is 0 Å². The maximum absolute atomic E-state index is 12.1. The SMILES string of the molecule is Cc1ccccc1C(=O)NCc1csc(C2CC2)n1. The van der Waals surface area contributed by atoms with E-state index in [2.05, 4.69) is 10.3 Å². The quantitative estimate of drug-likeness (QED) is 0.928. The van der Waals surface area contributed by atoms with Gasteiger partial charge in [-0.25, -0.2) is 4.98 Å². The molecule has 0 spiro atoms. The van der Waals surface area contributed by atoms with E-state index in [0.717, 1.165) is 16.8 Å². The molecule has 1 aromatic carbocycles. The molecule has 98 valence electrons. The van der Waals surface area contributed by atoms with Crippen LogP contribution in [0.1, 0.15) is 45.4 Å². The number of hydrogen-bond acceptors (Lipinski definition) is 3. The van der Waals surface area contributed by atoms with Crippen LogP contribution in [-0.2, 0) is 6.54 Å². The summed E-state index contributed by atoms with van der Waals surface area (Å²) in [5.41, 5.74) is 2.70. The van der Waals surface area contributed by atoms with Crippen LogP contribution < -0.4 is 5.32 Å². The molecule has 0 aliphatic heterocycles. The van der Waals surface area contributed by atoms with Crippen molar-refractivity contribution >= 4 is 17.2 Å². The fraction of sp³-hybridized carbons (Fsp3) is 0.333. The van der Waals surface area contributed by atoms with Crippen LogP contribution in [0.5, 0.6) is 0 Å². The highest BCUT2D eigenvalue weighted by atomic mass is 32.1. The van der Waals surface area contributed by atoms with Gasteiger partial charge in [-0.3, -0.25) is 4.79 Å². The molecule has 1 heterocycles. The van der Waals surface area contributed by atoms with Crippen molar-refractivity contribution in [3.8, 4) is 0 Å². The molecule has 0 atom stereocenters. The Morgan fingerprint density at radius 1 is 1.42 bits per heavy atom. The van der Waals surface area contributed by atoms with Gasteiger partial charge >= 0.3 is 0 Å². The van der Waals surface area contributed by atoms with Crippen molar-refractivity contribution in [2.75, 3.05) is 0 Å². The van der Waals surface area contributed by atoms with Gasteiger partial charge in [-0.05, 0) is 31.4 Å². The molecule has 3 nitrogen and oxygen atoms in total. The standard InChI is InChI=1S/C15H16N2OS/c1-10-4-2-3-5-13(10)14(18)16-8-12-9-19-15(17-12)11-6-7-11/h2-5,9,11H,6-8H2,1H3,(H,16,18). The van der Waals surface area contributed by atoms with Gasteiger partial charge < -0.3 is 5.32 Å². The second kappa shape index (κ2) is 5.13. The molecular weight excluding hydrogens is 256 g/mol. The second-order valence-electron chi connectivity index (χ2n) is 4.95. The number of benzene rings is 1. The van der Waals surface area contributed by atoms with Crippen molar-refractivity contribution in [3.05, 3.63) is 51.5 Å². The van der Waals surface area contributed by atoms with Crippen LogP contribution in [0.3, 0.4) is 0 Å². The molecule has 3 rings (SSSR count). The van der Waals surface area contributed by atoms with E-state index in [0.29, 0.717) is 12.5 Å². The molecule has 2 aromatic rings. The Morgan fingerprint density at radius 3 is 2.95 bits per heavy atom. The van der Waals surface area contributed by atoms with Crippen molar-refractivity contribution in [2.45, 2.75) is 32.2 Å². The lowest BCUT2D eigenvalue weighted by molar-refractivity contribution is 0.0950. The molecule has 1 aliphatic rings. The van der Waals surface area contributed by atoms with E-state index in [1.165, 1.54) is 17.8 Å². The number of nitrogens with one attached hydrogen (secondary N) is 1. The first-order chi connectivity index (χ1) is 9.24. The van der Waals surface area contributed by atoms with E-state index in [9.17, 15) is 4.79 Å². The largest absolute Gasteiger partial charge is 0.346 e. The zero-order chi connectivity index (χ0) is 13.2. The summed E-state index contributed by atoms with van der Waals surface area (Å²) >= 11 is 1.71. The van der Waals surface area contributed by atoms with E-state index in [1.54, 1.807) is 11.3 Å². The predicted molar refractivity (Wildman–Crippen MR) is 76.4 cm³/mol. The first-order valence-corrected chi connectivity index (χ1v) is 7.40. The van der Waals surface area contributed by atoms with Crippen LogP contribution in [0.15, 0.2) is 29.6 Å². The maximum Gasteiger partial charge on any atom is 0.251 e. The summed E-state index contributed by atoms with van der Waals surface area (Å²) < 4.78 is 0. The molecular formula is C15H16N2OS. The van der Waals surface area contributed by atoms with Crippen LogP contribution in [0, 0.1) is 6.92 Å². The van der Waals surface area contributed by atoms with Crippen molar-refractivity contribution in [1.29, 1.82) is 0 Å². The molecule has 1 fully saturated rings. The smallest absolute Gasteiger partial charge is 0.251 e. The summed E-state index contributed by atoms with van der Waals surface area (Å²) in [6.45, 7) is 2.46. The molecule has 4 heteroatoms. The Hall–Kier alpha value is -1.68. The number of rotatable bonds is 4. The first kappa shape index (κ1) is 12.4. The zero-order valence-electron chi connectivity index (χ0n) is 10.8. The fourth-order valence-corrected chi connectivity index (χ4v) is 3.01. The number of thiazole rings is 1. The summed E-state index contributed by atoms with van der Waals surface area (Å²) in [6, 6.07) is 7.62. The lowest BCUT2D eigenvalue weighted by atomic mass is 10.1. The van der Waals surface area contributed by atoms with Crippen LogP contribution >= 0.6 is 11.3 Å². The number of aryl methyl sites for hydroxylation is 1. The number of amides is 1. The Labute approximate surface area is 116 Å². The average molecular weight is 272 g/mol. The van der Waals surface area contributed by atoms with Gasteiger partial charge in [-0.1, -0.05) is 18.2 Å². The minimum Gasteiger partial charge on any atom is -0.346 e. The molecule has 1 aromatic heterocycles. The summed E-state index contributed by atoms with van der Waals surface area (Å²) in [6.07, 6.45) is 2.53. The van der Waals surface area contributed by atoms with Crippen molar-refractivity contribution in [2.24, 2.45) is 0 Å². The summed E-state index contributed by atoms with van der Waals surface area (Å²) in [5, 5.41) is 6.20. The van der Waals surface area contributed by atoms with Crippen molar-refractivity contribution in [3.63, 3.8) is 0 Å². The number of carbonyl (C=O) groups excluding carboxylic acids is 1. The number of aromatic nitrogens is 1. The Kier molecular flexibility index (Phi) is 3.34. The van der Waals surface area contributed by atoms with E-state index in [4.69, 9.17) is 0 Å². The van der Waals surface area contributed by atoms with Gasteiger partial charge in [0.25, 0.3) is 5.91 Å². The third kappa shape index (κ3) is 2.84. The highest BCUT2D eigenvalue weighted by molar-refractivity contribution is 7.09. The third-order valence-electron chi connectivity index (χ3n) is 3.32. The summed E-state index contributed by atoms with van der Waals surface area (Å²) in [7, 11) is 0. The Morgan fingerprint density at radius 2 is 2.21 bits per heavy atom. The Bertz CT molecular complexity index is 602. The third-order valence-corrected chi connectivity index (χ3v) is 4.37. The molecule has 1 amide bonds. The minimum absolute atomic E-state index is 0.0286. The summed E-state index contributed by atoms with van der Waals surface area (Å²) in [4.78, 5) is 16.6. The van der Waals surface area contributed by atoms with Gasteiger partial charge in [-0.15, -0.1) is 11.3 Å². The molecule has 0 unspecified atom stereocenters. The molecule has 1 aliphatic carbocycles. The Balaban J connectivity index is 1.62. The summed E-state index contributed by atoms with van der Waals surface area (Å²) in [5.74, 6) is 0.657. The molecule has 0 radical (unpaired) electrons. The maximum atomic E-state index is 12.1. The van der Waals surface area contributed by atoms with E-state index in [-0.39, 0.29) is 5.91 Å². The van der Waals surface area contributed by atoms with Gasteiger partial charge in [0.2, 0.25) is 0 Å². The molecule has 0 bridgehead atoms. The average Bonchev–Trinajstić information content (AvgIpc) is 3.16. The molecule has 1 saturated carbocycles. The van der Waals surface area contributed by atoms with Crippen LogP contribution in [0.2, 0.25) is 0 Å². The van der Waals surface area contributed by atoms with Crippen LogP contribution in [0.4, 0.5) is 0 Å². The van der Waals surface area contributed by atoms with E-state index >= 15 is 0 Å². The second-order valence-corrected chi connectivity index (χ2v) is 5.84. The topological polar surface area (TPSA) is 42.0 Å². The van der Waals surface area contributed by atoms with Gasteiger partial charge in [0.15, 0.2) is 0 Å². The zero-order valence-corrected chi connectivity index (χ0v) is 11.7. The fourth-order valence-electron chi connectivity index (χ4n) is 2.02. The predicted octanol–water partition coefficient (Wildman–Crippen LogP) is 3.26. The van der Waals surface area contributed by atoms with Gasteiger partial charge in [0.1, 0.15) is 0 Å². The first-order valence-electron chi connectivity index (χ1n) is 6.52. The van der Waals surface area contributed by atoms with Gasteiger partial charge in [0.05, 0.1) is 17.2 Å². The van der Waals surface area contributed by atoms with Crippen molar-refractivity contribution < 1.29 is 4.79 Å². The molecule has 19 heavy (non-hydrogen) atoms. The number of carbonyl (C=O) groups is 1. The van der Waals surface area contributed by atoms with Gasteiger partial charge in [0, 0.05) is 16.9 Å². The van der Waals surface area contributed by atoms with Crippen LogP contribution in [-0.4, -0.2) is 10.9 Å². The minimum atomic E-state index is -0.0286. The van der Waals surface area contributed by atoms with Gasteiger partial charge in [-0.2, -0.15) is 0 Å². The lowest BCUT2D eigenvalue weighted by Crippen LogP contribution is -2.23.